The molecule has 4 rings (SSSR count). The lowest BCUT2D eigenvalue weighted by atomic mass is 10.1. The van der Waals surface area contributed by atoms with Crippen molar-refractivity contribution in [1.29, 1.82) is 0 Å². The number of hydrogen-bond acceptors (Lipinski definition) is 6. The fourth-order valence-electron chi connectivity index (χ4n) is 3.34. The average Bonchev–Trinajstić information content (AvgIpc) is 3.42. The smallest absolute Gasteiger partial charge is 0.295 e. The van der Waals surface area contributed by atoms with E-state index in [1.807, 2.05) is 24.3 Å². The number of aromatic nitrogens is 3. The fourth-order valence-corrected chi connectivity index (χ4v) is 3.34. The molecule has 9 heteroatoms. The molecule has 2 heterocycles. The van der Waals surface area contributed by atoms with E-state index < -0.39 is 10.8 Å². The molecule has 1 amide bonds. The lowest BCUT2D eigenvalue weighted by molar-refractivity contribution is -0.384. The normalized spacial score (nSPS) is 13.5. The van der Waals surface area contributed by atoms with Crippen molar-refractivity contribution in [3.05, 3.63) is 70.8 Å². The van der Waals surface area contributed by atoms with Gasteiger partial charge in [-0.2, -0.15) is 5.10 Å². The van der Waals surface area contributed by atoms with E-state index in [1.165, 1.54) is 35.5 Å². The zero-order valence-electron chi connectivity index (χ0n) is 15.0. The number of para-hydroxylation sites is 2. The monoisotopic (exact) mass is 378 g/mol. The molecule has 0 radical (unpaired) electrons. The summed E-state index contributed by atoms with van der Waals surface area (Å²) in [5.74, 6) is -0.403. The Balaban J connectivity index is 1.63. The van der Waals surface area contributed by atoms with Crippen LogP contribution in [-0.4, -0.2) is 38.7 Å². The molecule has 1 aliphatic heterocycles. The third kappa shape index (κ3) is 3.41. The average molecular weight is 378 g/mol. The number of amides is 1. The minimum atomic E-state index is -0.536. The lowest BCUT2D eigenvalue weighted by Crippen LogP contribution is -2.21. The molecule has 142 valence electrons. The van der Waals surface area contributed by atoms with Crippen LogP contribution in [0.25, 0.3) is 5.69 Å². The Morgan fingerprint density at radius 3 is 2.61 bits per heavy atom. The van der Waals surface area contributed by atoms with Gasteiger partial charge in [0.2, 0.25) is 0 Å². The van der Waals surface area contributed by atoms with Crippen LogP contribution in [-0.2, 0) is 0 Å². The van der Waals surface area contributed by atoms with Crippen LogP contribution in [0.5, 0.6) is 0 Å². The Hall–Kier alpha value is -3.75. The highest BCUT2D eigenvalue weighted by Crippen LogP contribution is 2.30. The first-order chi connectivity index (χ1) is 13.6. The maximum Gasteiger partial charge on any atom is 0.295 e. The second kappa shape index (κ2) is 7.47. The first-order valence-corrected chi connectivity index (χ1v) is 8.92. The molecule has 0 unspecified atom stereocenters. The highest BCUT2D eigenvalue weighted by molar-refractivity contribution is 6.06. The van der Waals surface area contributed by atoms with Gasteiger partial charge in [-0.25, -0.2) is 9.67 Å². The van der Waals surface area contributed by atoms with Crippen molar-refractivity contribution in [2.75, 3.05) is 23.3 Å². The number of nitrogens with zero attached hydrogens (tertiary/aromatic N) is 5. The first kappa shape index (κ1) is 17.7. The van der Waals surface area contributed by atoms with E-state index in [2.05, 4.69) is 20.3 Å². The molecule has 28 heavy (non-hydrogen) atoms. The first-order valence-electron chi connectivity index (χ1n) is 8.92. The third-order valence-electron chi connectivity index (χ3n) is 4.70. The number of benzene rings is 2. The molecular formula is C19H18N6O3. The van der Waals surface area contributed by atoms with Crippen molar-refractivity contribution in [2.24, 2.45) is 0 Å². The Bertz CT molecular complexity index is 1010. The van der Waals surface area contributed by atoms with Gasteiger partial charge in [0.25, 0.3) is 11.6 Å². The number of nitro benzene ring substituents is 1. The van der Waals surface area contributed by atoms with Gasteiger partial charge in [0.05, 0.1) is 16.3 Å². The summed E-state index contributed by atoms with van der Waals surface area (Å²) >= 11 is 0. The molecular weight excluding hydrogens is 360 g/mol. The predicted molar refractivity (Wildman–Crippen MR) is 104 cm³/mol. The minimum Gasteiger partial charge on any atom is -0.370 e. The Morgan fingerprint density at radius 2 is 1.89 bits per heavy atom. The molecule has 0 aliphatic carbocycles. The molecule has 0 atom stereocenters. The van der Waals surface area contributed by atoms with E-state index in [0.717, 1.165) is 31.6 Å². The zero-order valence-corrected chi connectivity index (χ0v) is 15.0. The standard InChI is InChI=1S/C19H18N6O3/c26-19(22-15-5-1-2-6-16(15)23-9-3-4-10-23)14-7-8-17(18(11-14)25(27)28)24-13-20-12-21-24/h1-2,5-8,11-13H,3-4,9-10H2,(H,22,26). The fraction of sp³-hybridized carbons (Fsp3) is 0.211. The number of rotatable bonds is 5. The Labute approximate surface area is 160 Å². The van der Waals surface area contributed by atoms with E-state index in [4.69, 9.17) is 0 Å². The van der Waals surface area contributed by atoms with Crippen molar-refractivity contribution in [1.82, 2.24) is 14.8 Å². The summed E-state index contributed by atoms with van der Waals surface area (Å²) < 4.78 is 1.29. The highest BCUT2D eigenvalue weighted by atomic mass is 16.6. The summed E-state index contributed by atoms with van der Waals surface area (Å²) in [6, 6.07) is 11.9. The molecule has 1 N–H and O–H groups in total. The van der Waals surface area contributed by atoms with E-state index >= 15 is 0 Å². The predicted octanol–water partition coefficient (Wildman–Crippen LogP) is 3.03. The summed E-state index contributed by atoms with van der Waals surface area (Å²) in [5.41, 5.74) is 1.88. The van der Waals surface area contributed by atoms with Gasteiger partial charge in [-0.3, -0.25) is 14.9 Å². The van der Waals surface area contributed by atoms with Gasteiger partial charge in [0.1, 0.15) is 18.3 Å². The van der Waals surface area contributed by atoms with Gasteiger partial charge in [0, 0.05) is 24.7 Å². The summed E-state index contributed by atoms with van der Waals surface area (Å²) in [4.78, 5) is 29.7. The van der Waals surface area contributed by atoms with Crippen LogP contribution in [0.3, 0.4) is 0 Å². The number of carbonyl (C=O) groups excluding carboxylic acids is 1. The molecule has 1 fully saturated rings. The molecule has 0 spiro atoms. The van der Waals surface area contributed by atoms with Gasteiger partial charge < -0.3 is 10.2 Å². The van der Waals surface area contributed by atoms with Crippen LogP contribution in [0.2, 0.25) is 0 Å². The van der Waals surface area contributed by atoms with E-state index in [0.29, 0.717) is 5.69 Å². The van der Waals surface area contributed by atoms with Crippen molar-refractivity contribution in [3.8, 4) is 5.69 Å². The van der Waals surface area contributed by atoms with Gasteiger partial charge in [-0.15, -0.1) is 0 Å². The summed E-state index contributed by atoms with van der Waals surface area (Å²) in [5, 5.41) is 18.3. The Morgan fingerprint density at radius 1 is 1.11 bits per heavy atom. The van der Waals surface area contributed by atoms with Crippen molar-refractivity contribution < 1.29 is 9.72 Å². The third-order valence-corrected chi connectivity index (χ3v) is 4.70. The number of hydrogen-bond donors (Lipinski definition) is 1. The summed E-state index contributed by atoms with van der Waals surface area (Å²) in [6.07, 6.45) is 4.91. The Kier molecular flexibility index (Phi) is 4.71. The van der Waals surface area contributed by atoms with Crippen LogP contribution < -0.4 is 10.2 Å². The topological polar surface area (TPSA) is 106 Å². The zero-order chi connectivity index (χ0) is 19.5. The van der Waals surface area contributed by atoms with Crippen LogP contribution in [0.1, 0.15) is 23.2 Å². The number of anilines is 2. The van der Waals surface area contributed by atoms with E-state index in [9.17, 15) is 14.9 Å². The number of nitro groups is 1. The molecule has 1 aromatic heterocycles. The molecule has 0 bridgehead atoms. The largest absolute Gasteiger partial charge is 0.370 e. The van der Waals surface area contributed by atoms with Gasteiger partial charge in [0.15, 0.2) is 0 Å². The van der Waals surface area contributed by atoms with Crippen molar-refractivity contribution in [3.63, 3.8) is 0 Å². The van der Waals surface area contributed by atoms with Crippen LogP contribution in [0.15, 0.2) is 55.1 Å². The highest BCUT2D eigenvalue weighted by Gasteiger charge is 2.21. The maximum absolute atomic E-state index is 12.8. The van der Waals surface area contributed by atoms with Gasteiger partial charge in [-0.05, 0) is 37.1 Å². The van der Waals surface area contributed by atoms with Gasteiger partial charge >= 0.3 is 0 Å². The van der Waals surface area contributed by atoms with Crippen molar-refractivity contribution >= 4 is 23.0 Å². The number of carbonyl (C=O) groups is 1. The van der Waals surface area contributed by atoms with E-state index in [-0.39, 0.29) is 16.9 Å². The maximum atomic E-state index is 12.8. The van der Waals surface area contributed by atoms with Crippen LogP contribution >= 0.6 is 0 Å². The SMILES string of the molecule is O=C(Nc1ccccc1N1CCCC1)c1ccc(-n2cncn2)c([N+](=O)[O-])c1. The molecule has 2 aromatic carbocycles. The quantitative estimate of drug-likeness (QED) is 0.540. The molecule has 1 saturated heterocycles. The molecule has 3 aromatic rings. The van der Waals surface area contributed by atoms with Crippen molar-refractivity contribution in [2.45, 2.75) is 12.8 Å². The van der Waals surface area contributed by atoms with Crippen LogP contribution in [0.4, 0.5) is 17.1 Å². The molecule has 0 saturated carbocycles. The summed E-state index contributed by atoms with van der Waals surface area (Å²) in [7, 11) is 0. The lowest BCUT2D eigenvalue weighted by Gasteiger charge is -2.21. The molecule has 1 aliphatic rings. The second-order valence-electron chi connectivity index (χ2n) is 6.47. The van der Waals surface area contributed by atoms with Gasteiger partial charge in [-0.1, -0.05) is 12.1 Å². The van der Waals surface area contributed by atoms with Crippen LogP contribution in [0, 0.1) is 10.1 Å². The number of nitrogens with one attached hydrogen (secondary N) is 1. The summed E-state index contributed by atoms with van der Waals surface area (Å²) in [6.45, 7) is 1.90. The minimum absolute atomic E-state index is 0.201. The molecule has 9 nitrogen and oxygen atoms in total. The van der Waals surface area contributed by atoms with E-state index in [1.54, 1.807) is 0 Å². The second-order valence-corrected chi connectivity index (χ2v) is 6.47.